The summed E-state index contributed by atoms with van der Waals surface area (Å²) in [7, 11) is 1.70. The summed E-state index contributed by atoms with van der Waals surface area (Å²) >= 11 is 0. The molecule has 98 valence electrons. The predicted molar refractivity (Wildman–Crippen MR) is 73.1 cm³/mol. The molecule has 0 spiro atoms. The van der Waals surface area contributed by atoms with Gasteiger partial charge >= 0.3 is 0 Å². The lowest BCUT2D eigenvalue weighted by molar-refractivity contribution is 0.149. The fraction of sp³-hybridized carbons (Fsp3) is 0.500. The first-order valence-corrected chi connectivity index (χ1v) is 6.19. The van der Waals surface area contributed by atoms with Crippen LogP contribution in [0.25, 0.3) is 0 Å². The molecule has 0 amide bonds. The van der Waals surface area contributed by atoms with Crippen LogP contribution < -0.4 is 5.73 Å². The van der Waals surface area contributed by atoms with Crippen LogP contribution >= 0.6 is 0 Å². The first-order valence-electron chi connectivity index (χ1n) is 6.19. The van der Waals surface area contributed by atoms with E-state index in [0.29, 0.717) is 13.0 Å². The number of hydrogen-bond acceptors (Lipinski definition) is 4. The number of ether oxygens (including phenoxy) is 1. The lowest BCUT2D eigenvalue weighted by Crippen LogP contribution is -2.30. The Morgan fingerprint density at radius 3 is 2.56 bits per heavy atom. The van der Waals surface area contributed by atoms with E-state index in [1.165, 1.54) is 5.56 Å². The van der Waals surface area contributed by atoms with E-state index in [2.05, 4.69) is 11.0 Å². The Balaban J connectivity index is 2.40. The number of methoxy groups -OCH3 is 1. The van der Waals surface area contributed by atoms with Crippen molar-refractivity contribution in [1.29, 1.82) is 5.26 Å². The topological polar surface area (TPSA) is 62.3 Å². The zero-order chi connectivity index (χ0) is 13.2. The van der Waals surface area contributed by atoms with Crippen molar-refractivity contribution in [2.24, 2.45) is 0 Å². The van der Waals surface area contributed by atoms with Gasteiger partial charge in [0.15, 0.2) is 0 Å². The molecule has 2 N–H and O–H groups in total. The molecule has 1 rings (SSSR count). The van der Waals surface area contributed by atoms with Crippen molar-refractivity contribution in [2.45, 2.75) is 12.8 Å². The smallest absolute Gasteiger partial charge is 0.0635 e. The summed E-state index contributed by atoms with van der Waals surface area (Å²) in [5.41, 5.74) is 7.71. The van der Waals surface area contributed by atoms with Gasteiger partial charge in [0.25, 0.3) is 0 Å². The predicted octanol–water partition coefficient (Wildman–Crippen LogP) is 1.67. The maximum atomic E-state index is 8.63. The molecule has 0 atom stereocenters. The molecular formula is C14H21N3O. The summed E-state index contributed by atoms with van der Waals surface area (Å²) in [5, 5.41) is 8.63. The first kappa shape index (κ1) is 14.5. The molecule has 1 aromatic rings. The van der Waals surface area contributed by atoms with E-state index in [-0.39, 0.29) is 0 Å². The average Bonchev–Trinajstić information content (AvgIpc) is 2.40. The van der Waals surface area contributed by atoms with E-state index in [9.17, 15) is 0 Å². The Hall–Kier alpha value is -1.57. The number of anilines is 1. The highest BCUT2D eigenvalue weighted by atomic mass is 16.5. The van der Waals surface area contributed by atoms with Gasteiger partial charge in [-0.3, -0.25) is 4.90 Å². The van der Waals surface area contributed by atoms with Gasteiger partial charge in [0.2, 0.25) is 0 Å². The molecule has 0 aliphatic heterocycles. The van der Waals surface area contributed by atoms with Crippen LogP contribution in [0.5, 0.6) is 0 Å². The van der Waals surface area contributed by atoms with Gasteiger partial charge in [0.1, 0.15) is 0 Å². The van der Waals surface area contributed by atoms with E-state index >= 15 is 0 Å². The molecule has 18 heavy (non-hydrogen) atoms. The minimum absolute atomic E-state index is 0.561. The van der Waals surface area contributed by atoms with Gasteiger partial charge in [0.05, 0.1) is 12.7 Å². The van der Waals surface area contributed by atoms with Crippen molar-refractivity contribution in [3.8, 4) is 6.07 Å². The third kappa shape index (κ3) is 5.67. The summed E-state index contributed by atoms with van der Waals surface area (Å²) < 4.78 is 5.08. The van der Waals surface area contributed by atoms with E-state index < -0.39 is 0 Å². The summed E-state index contributed by atoms with van der Waals surface area (Å²) in [5.74, 6) is 0. The Morgan fingerprint density at radius 1 is 1.22 bits per heavy atom. The van der Waals surface area contributed by atoms with Crippen molar-refractivity contribution < 1.29 is 4.74 Å². The molecule has 0 aliphatic rings. The standard InChI is InChI=1S/C14H21N3O/c1-18-12-11-17(9-2-8-15)10-7-13-3-5-14(16)6-4-13/h3-6H,2,7,9-12,16H2,1H3. The molecular weight excluding hydrogens is 226 g/mol. The molecule has 1 aromatic carbocycles. The minimum Gasteiger partial charge on any atom is -0.399 e. The number of benzene rings is 1. The third-order valence-corrected chi connectivity index (χ3v) is 2.85. The molecule has 0 bridgehead atoms. The number of nitriles is 1. The van der Waals surface area contributed by atoms with Crippen molar-refractivity contribution in [3.05, 3.63) is 29.8 Å². The first-order chi connectivity index (χ1) is 8.76. The fourth-order valence-corrected chi connectivity index (χ4v) is 1.74. The monoisotopic (exact) mass is 247 g/mol. The lowest BCUT2D eigenvalue weighted by atomic mass is 10.1. The zero-order valence-corrected chi connectivity index (χ0v) is 10.9. The number of nitrogen functional groups attached to an aromatic ring is 1. The van der Waals surface area contributed by atoms with Gasteiger partial charge in [-0.15, -0.1) is 0 Å². The molecule has 0 fully saturated rings. The molecule has 0 aromatic heterocycles. The van der Waals surface area contributed by atoms with Crippen LogP contribution in [0.2, 0.25) is 0 Å². The van der Waals surface area contributed by atoms with E-state index in [1.54, 1.807) is 7.11 Å². The minimum atomic E-state index is 0.561. The molecule has 0 radical (unpaired) electrons. The van der Waals surface area contributed by atoms with Crippen molar-refractivity contribution >= 4 is 5.69 Å². The maximum absolute atomic E-state index is 8.63. The lowest BCUT2D eigenvalue weighted by Gasteiger charge is -2.20. The maximum Gasteiger partial charge on any atom is 0.0635 e. The van der Waals surface area contributed by atoms with E-state index in [1.807, 2.05) is 24.3 Å². The van der Waals surface area contributed by atoms with Gasteiger partial charge in [-0.05, 0) is 24.1 Å². The molecule has 0 aliphatic carbocycles. The molecule has 0 saturated heterocycles. The highest BCUT2D eigenvalue weighted by Crippen LogP contribution is 2.07. The van der Waals surface area contributed by atoms with Crippen molar-refractivity contribution in [2.75, 3.05) is 39.1 Å². The number of hydrogen-bond donors (Lipinski definition) is 1. The van der Waals surface area contributed by atoms with Crippen LogP contribution in [0.1, 0.15) is 12.0 Å². The van der Waals surface area contributed by atoms with E-state index in [0.717, 1.165) is 31.7 Å². The van der Waals surface area contributed by atoms with Gasteiger partial charge in [-0.25, -0.2) is 0 Å². The zero-order valence-electron chi connectivity index (χ0n) is 10.9. The molecule has 4 nitrogen and oxygen atoms in total. The Bertz CT molecular complexity index is 370. The number of nitrogens with two attached hydrogens (primary N) is 1. The highest BCUT2D eigenvalue weighted by molar-refractivity contribution is 5.39. The van der Waals surface area contributed by atoms with E-state index in [4.69, 9.17) is 15.7 Å². The Labute approximate surface area is 109 Å². The van der Waals surface area contributed by atoms with Gasteiger partial charge in [0, 0.05) is 38.9 Å². The SMILES string of the molecule is COCCN(CCC#N)CCc1ccc(N)cc1. The molecule has 0 saturated carbocycles. The second kappa shape index (κ2) is 8.51. The van der Waals surface area contributed by atoms with Gasteiger partial charge < -0.3 is 10.5 Å². The summed E-state index contributed by atoms with van der Waals surface area (Å²) in [4.78, 5) is 2.25. The van der Waals surface area contributed by atoms with Crippen LogP contribution in [0.15, 0.2) is 24.3 Å². The van der Waals surface area contributed by atoms with Crippen molar-refractivity contribution in [1.82, 2.24) is 4.90 Å². The Kier molecular flexibility index (Phi) is 6.85. The van der Waals surface area contributed by atoms with Crippen molar-refractivity contribution in [3.63, 3.8) is 0 Å². The molecule has 0 heterocycles. The summed E-state index contributed by atoms with van der Waals surface area (Å²) in [6.07, 6.45) is 1.53. The largest absolute Gasteiger partial charge is 0.399 e. The second-order valence-electron chi connectivity index (χ2n) is 4.23. The summed E-state index contributed by atoms with van der Waals surface area (Å²) in [6.45, 7) is 3.31. The van der Waals surface area contributed by atoms with Crippen LogP contribution in [-0.4, -0.2) is 38.3 Å². The van der Waals surface area contributed by atoms with Crippen LogP contribution in [0, 0.1) is 11.3 Å². The quantitative estimate of drug-likeness (QED) is 0.710. The fourth-order valence-electron chi connectivity index (χ4n) is 1.74. The highest BCUT2D eigenvalue weighted by Gasteiger charge is 2.04. The second-order valence-corrected chi connectivity index (χ2v) is 4.23. The van der Waals surface area contributed by atoms with Crippen LogP contribution in [0.4, 0.5) is 5.69 Å². The average molecular weight is 247 g/mol. The van der Waals surface area contributed by atoms with Gasteiger partial charge in [-0.1, -0.05) is 12.1 Å². The normalized spacial score (nSPS) is 10.5. The van der Waals surface area contributed by atoms with Gasteiger partial charge in [-0.2, -0.15) is 5.26 Å². The number of nitrogens with zero attached hydrogens (tertiary/aromatic N) is 2. The molecule has 0 unspecified atom stereocenters. The molecule has 4 heteroatoms. The summed E-state index contributed by atoms with van der Waals surface area (Å²) in [6, 6.07) is 10.1. The number of rotatable bonds is 8. The van der Waals surface area contributed by atoms with Crippen LogP contribution in [-0.2, 0) is 11.2 Å². The van der Waals surface area contributed by atoms with Crippen LogP contribution in [0.3, 0.4) is 0 Å². The Morgan fingerprint density at radius 2 is 1.94 bits per heavy atom. The third-order valence-electron chi connectivity index (χ3n) is 2.85.